The molecule has 1 rings (SSSR count). The molecule has 128 valence electrons. The van der Waals surface area contributed by atoms with Crippen LogP contribution in [0, 0.1) is 0 Å². The lowest BCUT2D eigenvalue weighted by molar-refractivity contribution is 0.0953. The number of benzene rings is 1. The molecule has 0 saturated heterocycles. The maximum atomic E-state index is 12.3. The van der Waals surface area contributed by atoms with Crippen LogP contribution in [0.5, 0.6) is 17.2 Å². The SMILES string of the molecule is CCOc1cc(C(=O)NN=C(C)CC)cc(OCC)c1OCC. The average Bonchev–Trinajstić information content (AvgIpc) is 2.55. The second-order valence-electron chi connectivity index (χ2n) is 4.74. The Labute approximate surface area is 137 Å². The number of nitrogens with one attached hydrogen (secondary N) is 1. The number of hydrazone groups is 1. The fraction of sp³-hybridized carbons (Fsp3) is 0.529. The third-order valence-corrected chi connectivity index (χ3v) is 3.03. The molecule has 23 heavy (non-hydrogen) atoms. The first-order valence-corrected chi connectivity index (χ1v) is 7.97. The van der Waals surface area contributed by atoms with Crippen LogP contribution in [-0.4, -0.2) is 31.4 Å². The summed E-state index contributed by atoms with van der Waals surface area (Å²) in [7, 11) is 0. The van der Waals surface area contributed by atoms with Crippen molar-refractivity contribution in [2.45, 2.75) is 41.0 Å². The lowest BCUT2D eigenvalue weighted by atomic mass is 10.1. The quantitative estimate of drug-likeness (QED) is 0.559. The van der Waals surface area contributed by atoms with E-state index in [1.807, 2.05) is 34.6 Å². The van der Waals surface area contributed by atoms with E-state index in [0.29, 0.717) is 42.6 Å². The Morgan fingerprint density at radius 3 is 1.96 bits per heavy atom. The van der Waals surface area contributed by atoms with Crippen molar-refractivity contribution >= 4 is 11.6 Å². The lowest BCUT2D eigenvalue weighted by Gasteiger charge is -2.16. The van der Waals surface area contributed by atoms with Crippen molar-refractivity contribution in [3.63, 3.8) is 0 Å². The molecule has 0 bridgehead atoms. The number of hydrogen-bond acceptors (Lipinski definition) is 5. The minimum Gasteiger partial charge on any atom is -0.490 e. The van der Waals surface area contributed by atoms with Crippen LogP contribution in [0.15, 0.2) is 17.2 Å². The first kappa shape index (κ1) is 18.8. The number of rotatable bonds is 9. The van der Waals surface area contributed by atoms with Gasteiger partial charge in [0.05, 0.1) is 19.8 Å². The third-order valence-electron chi connectivity index (χ3n) is 3.03. The van der Waals surface area contributed by atoms with Crippen molar-refractivity contribution in [2.24, 2.45) is 5.10 Å². The van der Waals surface area contributed by atoms with E-state index in [1.165, 1.54) is 0 Å². The third kappa shape index (κ3) is 5.47. The summed E-state index contributed by atoms with van der Waals surface area (Å²) in [5.74, 6) is 1.17. The molecule has 0 saturated carbocycles. The van der Waals surface area contributed by atoms with E-state index < -0.39 is 0 Å². The number of carbonyl (C=O) groups is 1. The summed E-state index contributed by atoms with van der Waals surface area (Å²) in [6.07, 6.45) is 0.776. The van der Waals surface area contributed by atoms with Crippen LogP contribution in [0.25, 0.3) is 0 Å². The minimum absolute atomic E-state index is 0.317. The van der Waals surface area contributed by atoms with Gasteiger partial charge in [0.15, 0.2) is 11.5 Å². The van der Waals surface area contributed by atoms with Crippen molar-refractivity contribution in [1.82, 2.24) is 5.43 Å². The first-order chi connectivity index (χ1) is 11.1. The number of nitrogens with zero attached hydrogens (tertiary/aromatic N) is 1. The van der Waals surface area contributed by atoms with Gasteiger partial charge in [-0.25, -0.2) is 5.43 Å². The molecule has 6 nitrogen and oxygen atoms in total. The molecule has 1 aromatic rings. The van der Waals surface area contributed by atoms with Crippen LogP contribution < -0.4 is 19.6 Å². The Hall–Kier alpha value is -2.24. The Balaban J connectivity index is 3.19. The monoisotopic (exact) mass is 322 g/mol. The molecule has 0 fully saturated rings. The smallest absolute Gasteiger partial charge is 0.271 e. The molecule has 1 amide bonds. The summed E-state index contributed by atoms with van der Waals surface area (Å²) in [6.45, 7) is 10.9. The molecule has 6 heteroatoms. The van der Waals surface area contributed by atoms with E-state index in [0.717, 1.165) is 12.1 Å². The molecule has 0 radical (unpaired) electrons. The van der Waals surface area contributed by atoms with Crippen molar-refractivity contribution < 1.29 is 19.0 Å². The molecule has 0 spiro atoms. The summed E-state index contributed by atoms with van der Waals surface area (Å²) >= 11 is 0. The lowest BCUT2D eigenvalue weighted by Crippen LogP contribution is -2.19. The molecule has 0 aliphatic carbocycles. The van der Waals surface area contributed by atoms with E-state index in [4.69, 9.17) is 14.2 Å². The standard InChI is InChI=1S/C17H26N2O4/c1-6-12(5)18-19-17(20)13-10-14(21-7-2)16(23-9-4)15(11-13)22-8-3/h10-11H,6-9H2,1-5H3,(H,19,20). The van der Waals surface area contributed by atoms with Gasteiger partial charge in [-0.15, -0.1) is 0 Å². The minimum atomic E-state index is -0.317. The molecule has 0 aromatic heterocycles. The highest BCUT2D eigenvalue weighted by Gasteiger charge is 2.18. The van der Waals surface area contributed by atoms with Gasteiger partial charge in [-0.05, 0) is 46.2 Å². The molecule has 0 atom stereocenters. The number of amides is 1. The van der Waals surface area contributed by atoms with Crippen molar-refractivity contribution in [1.29, 1.82) is 0 Å². The molecule has 0 heterocycles. The van der Waals surface area contributed by atoms with E-state index in [2.05, 4.69) is 10.5 Å². The second-order valence-corrected chi connectivity index (χ2v) is 4.74. The average molecular weight is 322 g/mol. The topological polar surface area (TPSA) is 69.2 Å². The van der Waals surface area contributed by atoms with Crippen LogP contribution in [0.4, 0.5) is 0 Å². The molecular weight excluding hydrogens is 296 g/mol. The molecule has 1 aromatic carbocycles. The summed E-state index contributed by atoms with van der Waals surface area (Å²) in [4.78, 5) is 12.3. The Kier molecular flexibility index (Phi) is 7.94. The molecule has 1 N–H and O–H groups in total. The van der Waals surface area contributed by atoms with Gasteiger partial charge in [-0.1, -0.05) is 6.92 Å². The molecule has 0 aliphatic heterocycles. The van der Waals surface area contributed by atoms with E-state index >= 15 is 0 Å². The van der Waals surface area contributed by atoms with Gasteiger partial charge in [0, 0.05) is 11.3 Å². The molecule has 0 unspecified atom stereocenters. The summed E-state index contributed by atoms with van der Waals surface area (Å²) < 4.78 is 16.8. The largest absolute Gasteiger partial charge is 0.490 e. The van der Waals surface area contributed by atoms with Crippen LogP contribution in [0.2, 0.25) is 0 Å². The Morgan fingerprint density at radius 2 is 1.52 bits per heavy atom. The Morgan fingerprint density at radius 1 is 1.00 bits per heavy atom. The fourth-order valence-corrected chi connectivity index (χ4v) is 1.81. The summed E-state index contributed by atoms with van der Waals surface area (Å²) in [5, 5.41) is 4.03. The fourth-order valence-electron chi connectivity index (χ4n) is 1.81. The number of carbonyl (C=O) groups excluding carboxylic acids is 1. The van der Waals surface area contributed by atoms with Crippen molar-refractivity contribution in [3.8, 4) is 17.2 Å². The van der Waals surface area contributed by atoms with Gasteiger partial charge in [0.1, 0.15) is 0 Å². The van der Waals surface area contributed by atoms with Gasteiger partial charge in [-0.2, -0.15) is 5.10 Å². The highest BCUT2D eigenvalue weighted by atomic mass is 16.5. The summed E-state index contributed by atoms with van der Waals surface area (Å²) in [5.41, 5.74) is 3.79. The highest BCUT2D eigenvalue weighted by Crippen LogP contribution is 2.39. The van der Waals surface area contributed by atoms with Gasteiger partial charge in [0.25, 0.3) is 5.91 Å². The maximum Gasteiger partial charge on any atom is 0.271 e. The van der Waals surface area contributed by atoms with Crippen LogP contribution >= 0.6 is 0 Å². The molecular formula is C17H26N2O4. The van der Waals surface area contributed by atoms with Crippen molar-refractivity contribution in [2.75, 3.05) is 19.8 Å². The van der Waals surface area contributed by atoms with Gasteiger partial charge >= 0.3 is 0 Å². The van der Waals surface area contributed by atoms with Crippen molar-refractivity contribution in [3.05, 3.63) is 17.7 Å². The zero-order valence-corrected chi connectivity index (χ0v) is 14.6. The predicted molar refractivity (Wildman–Crippen MR) is 90.8 cm³/mol. The molecule has 0 aliphatic rings. The first-order valence-electron chi connectivity index (χ1n) is 7.97. The van der Waals surface area contributed by atoms with Gasteiger partial charge in [-0.3, -0.25) is 4.79 Å². The number of hydrogen-bond donors (Lipinski definition) is 1. The van der Waals surface area contributed by atoms with E-state index in [9.17, 15) is 4.79 Å². The van der Waals surface area contributed by atoms with Gasteiger partial charge < -0.3 is 14.2 Å². The number of ether oxygens (including phenoxy) is 3. The van der Waals surface area contributed by atoms with E-state index in [1.54, 1.807) is 12.1 Å². The zero-order valence-electron chi connectivity index (χ0n) is 14.6. The Bertz CT molecular complexity index is 529. The second kappa shape index (κ2) is 9.71. The predicted octanol–water partition coefficient (Wildman–Crippen LogP) is 3.40. The van der Waals surface area contributed by atoms with Crippen LogP contribution in [-0.2, 0) is 0 Å². The van der Waals surface area contributed by atoms with E-state index in [-0.39, 0.29) is 5.91 Å². The highest BCUT2D eigenvalue weighted by molar-refractivity contribution is 5.96. The van der Waals surface area contributed by atoms with Crippen LogP contribution in [0.1, 0.15) is 51.4 Å². The normalized spacial score (nSPS) is 11.1. The summed E-state index contributed by atoms with van der Waals surface area (Å²) in [6, 6.07) is 3.28. The van der Waals surface area contributed by atoms with Crippen LogP contribution in [0.3, 0.4) is 0 Å². The zero-order chi connectivity index (χ0) is 17.2. The maximum absolute atomic E-state index is 12.3. The van der Waals surface area contributed by atoms with Gasteiger partial charge in [0.2, 0.25) is 5.75 Å².